The first-order valence-electron chi connectivity index (χ1n) is 5.26. The van der Waals surface area contributed by atoms with Crippen LogP contribution in [0.15, 0.2) is 11.3 Å². The first-order valence-corrected chi connectivity index (χ1v) is 6.84. The molecule has 2 aliphatic rings. The van der Waals surface area contributed by atoms with Crippen LogP contribution in [0.25, 0.3) is 0 Å². The fourth-order valence-corrected chi connectivity index (χ4v) is 3.94. The number of methoxy groups -OCH3 is 1. The molecule has 2 rings (SSSR count). The van der Waals surface area contributed by atoms with Gasteiger partial charge >= 0.3 is 5.97 Å². The van der Waals surface area contributed by atoms with Crippen molar-refractivity contribution >= 4 is 41.6 Å². The molecule has 0 saturated carbocycles. The summed E-state index contributed by atoms with van der Waals surface area (Å²) in [5.41, 5.74) is -1.14. The van der Waals surface area contributed by atoms with Crippen molar-refractivity contribution in [2.24, 2.45) is 0 Å². The third-order valence-electron chi connectivity index (χ3n) is 3.07. The Morgan fingerprint density at radius 3 is 2.95 bits per heavy atom. The zero-order valence-corrected chi connectivity index (χ0v) is 11.5. The average Bonchev–Trinajstić information content (AvgIpc) is 2.42. The number of alkyl halides is 1. The number of β-lactam (4-membered cyclic amide) rings is 1. The van der Waals surface area contributed by atoms with Gasteiger partial charge in [0.25, 0.3) is 11.6 Å². The first kappa shape index (κ1) is 14.2. The summed E-state index contributed by atoms with van der Waals surface area (Å²) in [7, 11) is 1.29. The zero-order valence-electron chi connectivity index (χ0n) is 9.88. The van der Waals surface area contributed by atoms with Crippen molar-refractivity contribution in [2.45, 2.75) is 11.1 Å². The lowest BCUT2D eigenvalue weighted by atomic mass is 9.99. The number of ether oxygens (including phenoxy) is 1. The van der Waals surface area contributed by atoms with Crippen molar-refractivity contribution in [2.75, 3.05) is 18.7 Å². The van der Waals surface area contributed by atoms with Crippen molar-refractivity contribution in [3.05, 3.63) is 11.3 Å². The minimum absolute atomic E-state index is 0.0340. The lowest BCUT2D eigenvalue weighted by Gasteiger charge is -2.55. The number of thioether (sulfide) groups is 1. The number of fused-ring (bicyclic) bond motifs is 1. The third-order valence-corrected chi connectivity index (χ3v) is 4.77. The average molecular weight is 307 g/mol. The maximum absolute atomic E-state index is 12.1. The van der Waals surface area contributed by atoms with Gasteiger partial charge in [-0.2, -0.15) is 0 Å². The molecule has 2 atom stereocenters. The van der Waals surface area contributed by atoms with E-state index in [1.165, 1.54) is 18.9 Å². The van der Waals surface area contributed by atoms with Gasteiger partial charge in [0, 0.05) is 18.7 Å². The van der Waals surface area contributed by atoms with Gasteiger partial charge in [-0.05, 0) is 5.57 Å². The fourth-order valence-electron chi connectivity index (χ4n) is 2.16. The highest BCUT2D eigenvalue weighted by molar-refractivity contribution is 8.00. The standard InChI is InChI=1S/C10H11ClN2O5S/c1-18-10(12-4-14)8(17)13-6(7(15)16)5(2-11)3-19-9(10)13/h4,9H,2-3H2,1H3,(H,12,14)(H,15,16)/t9-,10?/m0/s1. The first-order chi connectivity index (χ1) is 9.03. The van der Waals surface area contributed by atoms with E-state index in [1.54, 1.807) is 0 Å². The Morgan fingerprint density at radius 1 is 1.79 bits per heavy atom. The van der Waals surface area contributed by atoms with E-state index >= 15 is 0 Å². The summed E-state index contributed by atoms with van der Waals surface area (Å²) in [6.07, 6.45) is 0.362. The van der Waals surface area contributed by atoms with Crippen LogP contribution in [0.5, 0.6) is 0 Å². The second-order valence-corrected chi connectivity index (χ2v) is 5.27. The summed E-state index contributed by atoms with van der Waals surface area (Å²) in [5.74, 6) is -1.43. The topological polar surface area (TPSA) is 95.9 Å². The van der Waals surface area contributed by atoms with Gasteiger partial charge in [-0.3, -0.25) is 14.5 Å². The molecule has 0 bridgehead atoms. The van der Waals surface area contributed by atoms with E-state index in [2.05, 4.69) is 5.32 Å². The number of nitrogens with zero attached hydrogens (tertiary/aromatic N) is 1. The van der Waals surface area contributed by atoms with Gasteiger partial charge < -0.3 is 15.2 Å². The van der Waals surface area contributed by atoms with Gasteiger partial charge in [0.05, 0.1) is 0 Å². The molecule has 1 fully saturated rings. The van der Waals surface area contributed by atoms with Crippen molar-refractivity contribution in [1.82, 2.24) is 10.2 Å². The Labute approximate surface area is 117 Å². The van der Waals surface area contributed by atoms with E-state index in [1.807, 2.05) is 0 Å². The van der Waals surface area contributed by atoms with Gasteiger partial charge in [0.2, 0.25) is 6.41 Å². The number of amides is 2. The molecule has 0 aromatic rings. The number of hydrogen-bond donors (Lipinski definition) is 2. The Morgan fingerprint density at radius 2 is 2.47 bits per heavy atom. The number of carbonyl (C=O) groups is 3. The van der Waals surface area contributed by atoms with Crippen LogP contribution in [0.3, 0.4) is 0 Å². The number of carboxylic acid groups (broad SMARTS) is 1. The van der Waals surface area contributed by atoms with Crippen molar-refractivity contribution < 1.29 is 24.2 Å². The van der Waals surface area contributed by atoms with Crippen LogP contribution in [0.4, 0.5) is 0 Å². The molecule has 9 heteroatoms. The largest absolute Gasteiger partial charge is 0.477 e. The highest BCUT2D eigenvalue weighted by atomic mass is 35.5. The quantitative estimate of drug-likeness (QED) is 0.310. The van der Waals surface area contributed by atoms with Gasteiger partial charge in [-0.15, -0.1) is 23.4 Å². The van der Waals surface area contributed by atoms with Crippen LogP contribution in [-0.4, -0.2) is 58.1 Å². The van der Waals surface area contributed by atoms with E-state index in [9.17, 15) is 19.5 Å². The monoisotopic (exact) mass is 306 g/mol. The minimum Gasteiger partial charge on any atom is -0.477 e. The summed E-state index contributed by atoms with van der Waals surface area (Å²) in [5, 5.41) is 10.9. The summed E-state index contributed by atoms with van der Waals surface area (Å²) in [4.78, 5) is 35.1. The molecule has 104 valence electrons. The third kappa shape index (κ3) is 1.82. The highest BCUT2D eigenvalue weighted by Crippen LogP contribution is 2.46. The van der Waals surface area contributed by atoms with Crippen LogP contribution in [0, 0.1) is 0 Å². The summed E-state index contributed by atoms with van der Waals surface area (Å²) in [6.45, 7) is 0. The summed E-state index contributed by atoms with van der Waals surface area (Å²) >= 11 is 6.99. The molecule has 1 unspecified atom stereocenters. The maximum atomic E-state index is 12.1. The number of carbonyl (C=O) groups excluding carboxylic acids is 2. The predicted molar refractivity (Wildman–Crippen MR) is 67.4 cm³/mol. The molecule has 0 spiro atoms. The molecule has 19 heavy (non-hydrogen) atoms. The summed E-state index contributed by atoms with van der Waals surface area (Å²) in [6, 6.07) is 0. The van der Waals surface area contributed by atoms with Crippen molar-refractivity contribution in [3.8, 4) is 0 Å². The van der Waals surface area contributed by atoms with E-state index in [0.717, 1.165) is 4.90 Å². The molecular weight excluding hydrogens is 296 g/mol. The van der Waals surface area contributed by atoms with E-state index < -0.39 is 23.0 Å². The lowest BCUT2D eigenvalue weighted by Crippen LogP contribution is -2.79. The number of hydrogen-bond acceptors (Lipinski definition) is 5. The number of carboxylic acids is 1. The summed E-state index contributed by atoms with van der Waals surface area (Å²) < 4.78 is 5.09. The lowest BCUT2D eigenvalue weighted by molar-refractivity contribution is -0.190. The molecule has 2 amide bonds. The maximum Gasteiger partial charge on any atom is 0.352 e. The van der Waals surface area contributed by atoms with Crippen LogP contribution in [-0.2, 0) is 19.1 Å². The molecule has 0 aromatic heterocycles. The molecular formula is C10H11ClN2O5S. The molecule has 2 N–H and O–H groups in total. The molecule has 1 saturated heterocycles. The van der Waals surface area contributed by atoms with Crippen molar-refractivity contribution in [1.29, 1.82) is 0 Å². The fraction of sp³-hybridized carbons (Fsp3) is 0.500. The second-order valence-electron chi connectivity index (χ2n) is 3.93. The van der Waals surface area contributed by atoms with Crippen LogP contribution in [0.2, 0.25) is 0 Å². The smallest absolute Gasteiger partial charge is 0.352 e. The Hall–Kier alpha value is -1.25. The molecule has 0 aliphatic carbocycles. The van der Waals surface area contributed by atoms with Crippen molar-refractivity contribution in [3.63, 3.8) is 0 Å². The van der Waals surface area contributed by atoms with Crippen LogP contribution >= 0.6 is 23.4 Å². The van der Waals surface area contributed by atoms with Gasteiger partial charge in [-0.25, -0.2) is 4.79 Å². The van der Waals surface area contributed by atoms with E-state index in [-0.39, 0.29) is 11.6 Å². The van der Waals surface area contributed by atoms with Gasteiger partial charge in [0.15, 0.2) is 0 Å². The highest BCUT2D eigenvalue weighted by Gasteiger charge is 2.65. The van der Waals surface area contributed by atoms with Crippen LogP contribution < -0.4 is 5.32 Å². The molecule has 0 radical (unpaired) electrons. The minimum atomic E-state index is -1.50. The van der Waals surface area contributed by atoms with Gasteiger partial charge in [-0.1, -0.05) is 0 Å². The molecule has 2 heterocycles. The SMILES string of the molecule is COC1(NC=O)C(=O)N2C(C(=O)O)=C(CCl)CS[C@H]21. The second kappa shape index (κ2) is 5.03. The number of aliphatic carboxylic acids is 1. The Balaban J connectivity index is 2.40. The number of rotatable bonds is 5. The molecule has 0 aromatic carbocycles. The van der Waals surface area contributed by atoms with E-state index in [0.29, 0.717) is 17.7 Å². The Bertz CT molecular complexity index is 483. The van der Waals surface area contributed by atoms with Crippen LogP contribution in [0.1, 0.15) is 0 Å². The predicted octanol–water partition coefficient (Wildman–Crippen LogP) is -0.432. The van der Waals surface area contributed by atoms with E-state index in [4.69, 9.17) is 16.3 Å². The normalized spacial score (nSPS) is 29.7. The Kier molecular flexibility index (Phi) is 3.75. The molecule has 2 aliphatic heterocycles. The number of nitrogens with one attached hydrogen (secondary N) is 1. The number of halogens is 1. The zero-order chi connectivity index (χ0) is 14.2. The van der Waals surface area contributed by atoms with Gasteiger partial charge in [0.1, 0.15) is 11.1 Å². The molecule has 7 nitrogen and oxygen atoms in total.